The monoisotopic (exact) mass is 347 g/mol. The van der Waals surface area contributed by atoms with E-state index in [1.54, 1.807) is 6.20 Å². The fraction of sp³-hybridized carbons (Fsp3) is 0.611. The van der Waals surface area contributed by atoms with Crippen molar-refractivity contribution in [3.63, 3.8) is 0 Å². The summed E-state index contributed by atoms with van der Waals surface area (Å²) in [5.74, 6) is 1.000. The van der Waals surface area contributed by atoms with Gasteiger partial charge in [-0.3, -0.25) is 14.5 Å². The molecule has 7 nitrogen and oxygen atoms in total. The minimum Gasteiger partial charge on any atom is -0.353 e. The largest absolute Gasteiger partial charge is 0.353 e. The van der Waals surface area contributed by atoms with E-state index in [-0.39, 0.29) is 30.9 Å². The number of aromatic nitrogens is 1. The van der Waals surface area contributed by atoms with Gasteiger partial charge in [0.2, 0.25) is 11.8 Å². The first-order chi connectivity index (χ1) is 12.0. The fourth-order valence-corrected chi connectivity index (χ4v) is 2.87. The van der Waals surface area contributed by atoms with Crippen LogP contribution in [0.2, 0.25) is 0 Å². The molecule has 1 N–H and O–H groups in total. The molecule has 1 aliphatic rings. The van der Waals surface area contributed by atoms with Gasteiger partial charge in [-0.15, -0.1) is 0 Å². The Balaban J connectivity index is 1.80. The van der Waals surface area contributed by atoms with Gasteiger partial charge in [0.05, 0.1) is 13.1 Å². The molecule has 0 spiro atoms. The number of carbonyl (C=O) groups is 2. The second kappa shape index (κ2) is 9.36. The number of rotatable bonds is 7. The van der Waals surface area contributed by atoms with Crippen LogP contribution in [0.1, 0.15) is 20.8 Å². The van der Waals surface area contributed by atoms with Crippen LogP contribution in [0.4, 0.5) is 5.82 Å². The van der Waals surface area contributed by atoms with Crippen LogP contribution in [0, 0.1) is 0 Å². The maximum atomic E-state index is 12.5. The summed E-state index contributed by atoms with van der Waals surface area (Å²) in [6, 6.07) is 5.98. The van der Waals surface area contributed by atoms with Crippen LogP contribution in [-0.4, -0.2) is 78.5 Å². The van der Waals surface area contributed by atoms with Crippen molar-refractivity contribution in [2.45, 2.75) is 26.8 Å². The molecule has 1 fully saturated rings. The molecule has 0 bridgehead atoms. The highest BCUT2D eigenvalue weighted by atomic mass is 16.2. The Morgan fingerprint density at radius 1 is 1.20 bits per heavy atom. The lowest BCUT2D eigenvalue weighted by Gasteiger charge is -2.36. The number of piperazine rings is 1. The Labute approximate surface area is 150 Å². The molecule has 0 atom stereocenters. The number of anilines is 1. The zero-order chi connectivity index (χ0) is 18.2. The number of likely N-dealkylation sites (N-methyl/N-ethyl adjacent to an activating group) is 1. The van der Waals surface area contributed by atoms with E-state index in [1.165, 1.54) is 0 Å². The maximum absolute atomic E-state index is 12.5. The average Bonchev–Trinajstić information content (AvgIpc) is 2.61. The molecule has 0 radical (unpaired) electrons. The Kier molecular flexibility index (Phi) is 7.18. The van der Waals surface area contributed by atoms with Gasteiger partial charge in [-0.2, -0.15) is 0 Å². The van der Waals surface area contributed by atoms with E-state index in [0.717, 1.165) is 18.9 Å². The van der Waals surface area contributed by atoms with Gasteiger partial charge in [0, 0.05) is 38.4 Å². The van der Waals surface area contributed by atoms with E-state index in [4.69, 9.17) is 0 Å². The molecule has 1 aromatic heterocycles. The maximum Gasteiger partial charge on any atom is 0.236 e. The summed E-state index contributed by atoms with van der Waals surface area (Å²) < 4.78 is 0. The van der Waals surface area contributed by atoms with Gasteiger partial charge >= 0.3 is 0 Å². The SMILES string of the molecule is CCN(CC(=O)NC(C)C)CC(=O)N1CCN(c2ccccn2)CC1. The number of amides is 2. The molecule has 2 amide bonds. The molecule has 25 heavy (non-hydrogen) atoms. The number of nitrogens with zero attached hydrogens (tertiary/aromatic N) is 4. The second-order valence-corrected chi connectivity index (χ2v) is 6.58. The minimum absolute atomic E-state index is 0.0374. The normalized spacial score (nSPS) is 14.9. The van der Waals surface area contributed by atoms with Crippen LogP contribution < -0.4 is 10.2 Å². The topological polar surface area (TPSA) is 68.8 Å². The predicted molar refractivity (Wildman–Crippen MR) is 98.4 cm³/mol. The van der Waals surface area contributed by atoms with Crippen LogP contribution in [0.25, 0.3) is 0 Å². The third-order valence-electron chi connectivity index (χ3n) is 4.23. The van der Waals surface area contributed by atoms with Gasteiger partial charge in [-0.05, 0) is 32.5 Å². The third kappa shape index (κ3) is 6.01. The van der Waals surface area contributed by atoms with E-state index in [0.29, 0.717) is 19.6 Å². The van der Waals surface area contributed by atoms with Crippen molar-refractivity contribution in [2.24, 2.45) is 0 Å². The van der Waals surface area contributed by atoms with Crippen molar-refractivity contribution in [3.8, 4) is 0 Å². The Morgan fingerprint density at radius 3 is 2.48 bits per heavy atom. The number of hydrogen-bond donors (Lipinski definition) is 1. The molecular weight excluding hydrogens is 318 g/mol. The van der Waals surface area contributed by atoms with Crippen LogP contribution >= 0.6 is 0 Å². The summed E-state index contributed by atoms with van der Waals surface area (Å²) in [5, 5.41) is 2.87. The highest BCUT2D eigenvalue weighted by Crippen LogP contribution is 2.12. The molecule has 1 saturated heterocycles. The summed E-state index contributed by atoms with van der Waals surface area (Å²) in [6.07, 6.45) is 1.79. The molecule has 0 unspecified atom stereocenters. The van der Waals surface area contributed by atoms with Gasteiger partial charge in [-0.1, -0.05) is 13.0 Å². The summed E-state index contributed by atoms with van der Waals surface area (Å²) in [5.41, 5.74) is 0. The minimum atomic E-state index is -0.0374. The molecule has 7 heteroatoms. The van der Waals surface area contributed by atoms with Gasteiger partial charge in [0.25, 0.3) is 0 Å². The lowest BCUT2D eigenvalue weighted by atomic mass is 10.3. The first-order valence-corrected chi connectivity index (χ1v) is 8.95. The van der Waals surface area contributed by atoms with Crippen molar-refractivity contribution in [1.29, 1.82) is 0 Å². The predicted octanol–water partition coefficient (Wildman–Crippen LogP) is 0.577. The summed E-state index contributed by atoms with van der Waals surface area (Å²) in [7, 11) is 0. The van der Waals surface area contributed by atoms with E-state index < -0.39 is 0 Å². The molecule has 2 rings (SSSR count). The van der Waals surface area contributed by atoms with Gasteiger partial charge < -0.3 is 15.1 Å². The van der Waals surface area contributed by atoms with Gasteiger partial charge in [0.15, 0.2) is 0 Å². The summed E-state index contributed by atoms with van der Waals surface area (Å²) in [6.45, 7) is 9.97. The lowest BCUT2D eigenvalue weighted by molar-refractivity contribution is -0.133. The number of nitrogens with one attached hydrogen (secondary N) is 1. The Morgan fingerprint density at radius 2 is 1.92 bits per heavy atom. The molecule has 1 aliphatic heterocycles. The summed E-state index contributed by atoms with van der Waals surface area (Å²) >= 11 is 0. The molecular formula is C18H29N5O2. The standard InChI is InChI=1S/C18H29N5O2/c1-4-21(13-17(24)20-15(2)3)14-18(25)23-11-9-22(10-12-23)16-7-5-6-8-19-16/h5-8,15H,4,9-14H2,1-3H3,(H,20,24). The molecule has 138 valence electrons. The van der Waals surface area contributed by atoms with Crippen molar-refractivity contribution in [2.75, 3.05) is 50.7 Å². The smallest absolute Gasteiger partial charge is 0.236 e. The second-order valence-electron chi connectivity index (χ2n) is 6.58. The van der Waals surface area contributed by atoms with Crippen LogP contribution in [0.3, 0.4) is 0 Å². The summed E-state index contributed by atoms with van der Waals surface area (Å²) in [4.78, 5) is 34.7. The molecule has 0 aliphatic carbocycles. The van der Waals surface area contributed by atoms with Gasteiger partial charge in [-0.25, -0.2) is 4.98 Å². The first kappa shape index (κ1) is 19.2. The van der Waals surface area contributed by atoms with Crippen molar-refractivity contribution in [1.82, 2.24) is 20.1 Å². The van der Waals surface area contributed by atoms with E-state index in [2.05, 4.69) is 15.2 Å². The van der Waals surface area contributed by atoms with Crippen LogP contribution in [0.15, 0.2) is 24.4 Å². The average molecular weight is 347 g/mol. The fourth-order valence-electron chi connectivity index (χ4n) is 2.87. The zero-order valence-corrected chi connectivity index (χ0v) is 15.4. The Hall–Kier alpha value is -2.15. The van der Waals surface area contributed by atoms with Crippen LogP contribution in [-0.2, 0) is 9.59 Å². The first-order valence-electron chi connectivity index (χ1n) is 8.95. The zero-order valence-electron chi connectivity index (χ0n) is 15.4. The number of hydrogen-bond acceptors (Lipinski definition) is 5. The lowest BCUT2D eigenvalue weighted by Crippen LogP contribution is -2.52. The highest BCUT2D eigenvalue weighted by Gasteiger charge is 2.23. The van der Waals surface area contributed by atoms with E-state index in [1.807, 2.05) is 48.8 Å². The third-order valence-corrected chi connectivity index (χ3v) is 4.23. The molecule has 1 aromatic rings. The Bertz CT molecular complexity index is 556. The van der Waals surface area contributed by atoms with E-state index in [9.17, 15) is 9.59 Å². The molecule has 0 saturated carbocycles. The van der Waals surface area contributed by atoms with Crippen LogP contribution in [0.5, 0.6) is 0 Å². The molecule has 2 heterocycles. The number of carbonyl (C=O) groups excluding carboxylic acids is 2. The van der Waals surface area contributed by atoms with Crippen molar-refractivity contribution < 1.29 is 9.59 Å². The van der Waals surface area contributed by atoms with Gasteiger partial charge in [0.1, 0.15) is 5.82 Å². The quantitative estimate of drug-likeness (QED) is 0.781. The molecule has 0 aromatic carbocycles. The van der Waals surface area contributed by atoms with Crippen molar-refractivity contribution in [3.05, 3.63) is 24.4 Å². The highest BCUT2D eigenvalue weighted by molar-refractivity contribution is 5.81. The van der Waals surface area contributed by atoms with E-state index >= 15 is 0 Å². The van der Waals surface area contributed by atoms with Crippen molar-refractivity contribution >= 4 is 17.6 Å². The number of pyridine rings is 1.